The highest BCUT2D eigenvalue weighted by Crippen LogP contribution is 2.15. The van der Waals surface area contributed by atoms with Crippen LogP contribution in [-0.2, 0) is 0 Å². The highest BCUT2D eigenvalue weighted by Gasteiger charge is 2.18. The summed E-state index contributed by atoms with van der Waals surface area (Å²) in [5.41, 5.74) is 0.663. The number of aromatic nitrogens is 1. The number of likely N-dealkylation sites (tertiary alicyclic amines) is 1. The van der Waals surface area contributed by atoms with Crippen LogP contribution < -0.4 is 5.32 Å². The van der Waals surface area contributed by atoms with Crippen LogP contribution in [-0.4, -0.2) is 35.6 Å². The zero-order valence-electron chi connectivity index (χ0n) is 10.9. The Bertz CT molecular complexity index is 416. The Morgan fingerprint density at radius 3 is 2.94 bits per heavy atom. The van der Waals surface area contributed by atoms with Gasteiger partial charge in [-0.1, -0.05) is 6.92 Å². The lowest BCUT2D eigenvalue weighted by molar-refractivity contribution is 0.219. The first kappa shape index (κ1) is 12.8. The zero-order chi connectivity index (χ0) is 12.8. The van der Waals surface area contributed by atoms with Crippen molar-refractivity contribution in [1.29, 1.82) is 5.26 Å². The van der Waals surface area contributed by atoms with Gasteiger partial charge in [-0.25, -0.2) is 4.98 Å². The summed E-state index contributed by atoms with van der Waals surface area (Å²) in [6, 6.07) is 6.17. The van der Waals surface area contributed by atoms with Crippen LogP contribution in [0.25, 0.3) is 0 Å². The van der Waals surface area contributed by atoms with Crippen LogP contribution in [0.3, 0.4) is 0 Å². The fraction of sp³-hybridized carbons (Fsp3) is 0.571. The number of hydrogen-bond acceptors (Lipinski definition) is 4. The van der Waals surface area contributed by atoms with Gasteiger partial charge in [0.1, 0.15) is 5.82 Å². The Kier molecular flexibility index (Phi) is 4.54. The van der Waals surface area contributed by atoms with Crippen molar-refractivity contribution in [1.82, 2.24) is 9.88 Å². The van der Waals surface area contributed by atoms with Gasteiger partial charge in [-0.15, -0.1) is 0 Å². The maximum Gasteiger partial charge on any atom is 0.127 e. The quantitative estimate of drug-likeness (QED) is 0.882. The second-order valence-corrected chi connectivity index (χ2v) is 4.80. The van der Waals surface area contributed by atoms with E-state index in [-0.39, 0.29) is 0 Å². The Hall–Kier alpha value is -1.60. The molecule has 96 valence electrons. The first-order valence-electron chi connectivity index (χ1n) is 6.67. The molecule has 0 saturated carbocycles. The second-order valence-electron chi connectivity index (χ2n) is 4.80. The van der Waals surface area contributed by atoms with Gasteiger partial charge in [-0.2, -0.15) is 5.26 Å². The third-order valence-electron chi connectivity index (χ3n) is 3.37. The second kappa shape index (κ2) is 6.36. The molecule has 0 spiro atoms. The molecule has 1 saturated heterocycles. The molecule has 0 aromatic carbocycles. The Morgan fingerprint density at radius 2 is 2.28 bits per heavy atom. The predicted molar refractivity (Wildman–Crippen MR) is 72.3 cm³/mol. The van der Waals surface area contributed by atoms with Crippen molar-refractivity contribution in [3.63, 3.8) is 0 Å². The van der Waals surface area contributed by atoms with Crippen molar-refractivity contribution in [3.8, 4) is 6.07 Å². The lowest BCUT2D eigenvalue weighted by Gasteiger charge is -2.32. The van der Waals surface area contributed by atoms with E-state index >= 15 is 0 Å². The van der Waals surface area contributed by atoms with Crippen molar-refractivity contribution in [2.24, 2.45) is 0 Å². The lowest BCUT2D eigenvalue weighted by Crippen LogP contribution is -2.39. The van der Waals surface area contributed by atoms with Gasteiger partial charge in [0.2, 0.25) is 0 Å². The molecule has 4 heteroatoms. The monoisotopic (exact) mass is 244 g/mol. The first-order chi connectivity index (χ1) is 8.81. The summed E-state index contributed by atoms with van der Waals surface area (Å²) in [7, 11) is 0. The Labute approximate surface area is 109 Å². The van der Waals surface area contributed by atoms with Crippen LogP contribution in [0.1, 0.15) is 31.7 Å². The molecule has 0 atom stereocenters. The van der Waals surface area contributed by atoms with Crippen LogP contribution >= 0.6 is 0 Å². The van der Waals surface area contributed by atoms with Crippen molar-refractivity contribution >= 4 is 5.82 Å². The average molecular weight is 244 g/mol. The molecule has 0 aliphatic carbocycles. The van der Waals surface area contributed by atoms with Gasteiger partial charge < -0.3 is 10.2 Å². The van der Waals surface area contributed by atoms with Gasteiger partial charge in [0.25, 0.3) is 0 Å². The van der Waals surface area contributed by atoms with E-state index in [1.807, 2.05) is 6.07 Å². The van der Waals surface area contributed by atoms with Gasteiger partial charge in [0.05, 0.1) is 11.6 Å². The molecule has 1 aliphatic rings. The number of piperidine rings is 1. The molecule has 18 heavy (non-hydrogen) atoms. The number of hydrogen-bond donors (Lipinski definition) is 1. The van der Waals surface area contributed by atoms with E-state index in [9.17, 15) is 0 Å². The molecule has 0 bridgehead atoms. The SMILES string of the molecule is CCCN1CCC(Nc2cc(C#N)ccn2)CC1. The minimum absolute atomic E-state index is 0.486. The number of nitrogens with zero attached hydrogens (tertiary/aromatic N) is 3. The normalized spacial score (nSPS) is 17.3. The summed E-state index contributed by atoms with van der Waals surface area (Å²) in [5, 5.41) is 12.3. The molecule has 1 aromatic heterocycles. The fourth-order valence-electron chi connectivity index (χ4n) is 2.41. The number of rotatable bonds is 4. The van der Waals surface area contributed by atoms with Gasteiger partial charge in [-0.3, -0.25) is 0 Å². The van der Waals surface area contributed by atoms with Gasteiger partial charge in [-0.05, 0) is 37.9 Å². The fourth-order valence-corrected chi connectivity index (χ4v) is 2.41. The number of nitriles is 1. The lowest BCUT2D eigenvalue weighted by atomic mass is 10.0. The molecule has 1 fully saturated rings. The molecule has 0 amide bonds. The maximum atomic E-state index is 8.85. The molecule has 1 N–H and O–H groups in total. The van der Waals surface area contributed by atoms with Crippen LogP contribution in [0.2, 0.25) is 0 Å². The molecule has 1 aromatic rings. The summed E-state index contributed by atoms with van der Waals surface area (Å²) in [6.07, 6.45) is 5.22. The van der Waals surface area contributed by atoms with Crippen LogP contribution in [0.5, 0.6) is 0 Å². The molecule has 0 radical (unpaired) electrons. The molecular formula is C14H20N4. The number of anilines is 1. The van der Waals surface area contributed by atoms with E-state index in [0.717, 1.165) is 31.7 Å². The van der Waals surface area contributed by atoms with Crippen molar-refractivity contribution in [2.45, 2.75) is 32.2 Å². The Balaban J connectivity index is 1.86. The van der Waals surface area contributed by atoms with E-state index in [4.69, 9.17) is 5.26 Å². The third-order valence-corrected chi connectivity index (χ3v) is 3.37. The smallest absolute Gasteiger partial charge is 0.127 e. The largest absolute Gasteiger partial charge is 0.367 e. The van der Waals surface area contributed by atoms with Gasteiger partial charge in [0, 0.05) is 25.3 Å². The van der Waals surface area contributed by atoms with E-state index < -0.39 is 0 Å². The Morgan fingerprint density at radius 1 is 1.50 bits per heavy atom. The van der Waals surface area contributed by atoms with Gasteiger partial charge in [0.15, 0.2) is 0 Å². The molecular weight excluding hydrogens is 224 g/mol. The topological polar surface area (TPSA) is 52.0 Å². The summed E-state index contributed by atoms with van der Waals surface area (Å²) in [6.45, 7) is 5.74. The third kappa shape index (κ3) is 3.44. The first-order valence-corrected chi connectivity index (χ1v) is 6.67. The average Bonchev–Trinajstić information content (AvgIpc) is 2.42. The molecule has 4 nitrogen and oxygen atoms in total. The minimum atomic E-state index is 0.486. The highest BCUT2D eigenvalue weighted by atomic mass is 15.1. The number of nitrogens with one attached hydrogen (secondary N) is 1. The van der Waals surface area contributed by atoms with Crippen LogP contribution in [0.15, 0.2) is 18.3 Å². The van der Waals surface area contributed by atoms with Crippen molar-refractivity contribution in [3.05, 3.63) is 23.9 Å². The molecule has 1 aliphatic heterocycles. The standard InChI is InChI=1S/C14H20N4/c1-2-7-18-8-4-13(5-9-18)17-14-10-12(11-15)3-6-16-14/h3,6,10,13H,2,4-5,7-9H2,1H3,(H,16,17). The van der Waals surface area contributed by atoms with E-state index in [1.54, 1.807) is 12.3 Å². The van der Waals surface area contributed by atoms with Crippen LogP contribution in [0.4, 0.5) is 5.82 Å². The van der Waals surface area contributed by atoms with Crippen molar-refractivity contribution < 1.29 is 0 Å². The summed E-state index contributed by atoms with van der Waals surface area (Å²) in [5.74, 6) is 0.822. The number of pyridine rings is 1. The van der Waals surface area contributed by atoms with Gasteiger partial charge >= 0.3 is 0 Å². The van der Waals surface area contributed by atoms with Crippen LogP contribution in [0, 0.1) is 11.3 Å². The minimum Gasteiger partial charge on any atom is -0.367 e. The summed E-state index contributed by atoms with van der Waals surface area (Å²) < 4.78 is 0. The highest BCUT2D eigenvalue weighted by molar-refractivity contribution is 5.43. The molecule has 0 unspecified atom stereocenters. The van der Waals surface area contributed by atoms with E-state index in [1.165, 1.54) is 13.0 Å². The summed E-state index contributed by atoms with van der Waals surface area (Å²) in [4.78, 5) is 6.77. The van der Waals surface area contributed by atoms with E-state index in [2.05, 4.69) is 28.2 Å². The van der Waals surface area contributed by atoms with E-state index in [0.29, 0.717) is 11.6 Å². The molecule has 2 rings (SSSR count). The predicted octanol–water partition coefficient (Wildman–Crippen LogP) is 2.24. The summed E-state index contributed by atoms with van der Waals surface area (Å²) >= 11 is 0. The maximum absolute atomic E-state index is 8.85. The molecule has 2 heterocycles. The van der Waals surface area contributed by atoms with Crippen molar-refractivity contribution in [2.75, 3.05) is 25.0 Å². The zero-order valence-corrected chi connectivity index (χ0v) is 10.9.